The molecule has 0 aromatic heterocycles. The average molecular weight is 315 g/mol. The number of aliphatic hydroxyl groups is 1. The molecule has 0 aliphatic rings. The van der Waals surface area contributed by atoms with Gasteiger partial charge in [-0.15, -0.1) is 0 Å². The molecular weight excluding hydrogens is 290 g/mol. The van der Waals surface area contributed by atoms with Gasteiger partial charge in [-0.2, -0.15) is 0 Å². The molecule has 2 aromatic rings. The smallest absolute Gasteiger partial charge is 0.118 e. The van der Waals surface area contributed by atoms with E-state index < -0.39 is 6.10 Å². The van der Waals surface area contributed by atoms with Crippen molar-refractivity contribution >= 4 is 0 Å². The highest BCUT2D eigenvalue weighted by Gasteiger charge is 2.23. The van der Waals surface area contributed by atoms with Crippen molar-refractivity contribution in [3.63, 3.8) is 0 Å². The summed E-state index contributed by atoms with van der Waals surface area (Å²) in [7, 11) is 3.27. The lowest BCUT2D eigenvalue weighted by atomic mass is 9.88. The molecule has 0 amide bonds. The second-order valence-corrected chi connectivity index (χ2v) is 5.82. The Morgan fingerprint density at radius 1 is 0.913 bits per heavy atom. The summed E-state index contributed by atoms with van der Waals surface area (Å²) >= 11 is 0. The van der Waals surface area contributed by atoms with Gasteiger partial charge in [-0.3, -0.25) is 0 Å². The quantitative estimate of drug-likeness (QED) is 0.824. The van der Waals surface area contributed by atoms with Crippen LogP contribution >= 0.6 is 0 Å². The van der Waals surface area contributed by atoms with Crippen LogP contribution in [0.25, 0.3) is 0 Å². The van der Waals surface area contributed by atoms with Gasteiger partial charge in [0.2, 0.25) is 0 Å². The molecule has 2 rings (SSSR count). The summed E-state index contributed by atoms with van der Waals surface area (Å²) < 4.78 is 10.3. The number of nitrogens with two attached hydrogens (primary N) is 1. The van der Waals surface area contributed by atoms with E-state index in [9.17, 15) is 5.11 Å². The lowest BCUT2D eigenvalue weighted by Gasteiger charge is -2.25. The molecule has 4 nitrogen and oxygen atoms in total. The van der Waals surface area contributed by atoms with Crippen molar-refractivity contribution in [1.29, 1.82) is 0 Å². The van der Waals surface area contributed by atoms with E-state index in [4.69, 9.17) is 15.2 Å². The van der Waals surface area contributed by atoms with Crippen LogP contribution in [0.15, 0.2) is 48.5 Å². The zero-order valence-electron chi connectivity index (χ0n) is 13.9. The number of ether oxygens (including phenoxy) is 2. The van der Waals surface area contributed by atoms with E-state index in [1.165, 1.54) is 5.56 Å². The minimum atomic E-state index is -0.700. The van der Waals surface area contributed by atoms with E-state index in [1.54, 1.807) is 14.2 Å². The van der Waals surface area contributed by atoms with E-state index in [-0.39, 0.29) is 12.0 Å². The molecule has 0 bridgehead atoms. The molecule has 124 valence electrons. The molecule has 3 atom stereocenters. The second kappa shape index (κ2) is 7.99. The van der Waals surface area contributed by atoms with E-state index in [2.05, 4.69) is 6.92 Å². The van der Waals surface area contributed by atoms with E-state index in [0.29, 0.717) is 0 Å². The highest BCUT2D eigenvalue weighted by Crippen LogP contribution is 2.25. The van der Waals surface area contributed by atoms with E-state index in [0.717, 1.165) is 23.5 Å². The molecule has 0 fully saturated rings. The molecule has 0 heterocycles. The zero-order chi connectivity index (χ0) is 16.8. The fourth-order valence-electron chi connectivity index (χ4n) is 2.60. The standard InChI is InChI=1S/C19H25NO3/c1-13(12-14-4-8-16(22-2)9-5-14)18(20)19(21)15-6-10-17(23-3)11-7-15/h4-11,13,18-19,21H,12,20H2,1-3H3/t13?,18-,19-/m1/s1. The molecule has 23 heavy (non-hydrogen) atoms. The van der Waals surface area contributed by atoms with Crippen LogP contribution < -0.4 is 15.2 Å². The maximum Gasteiger partial charge on any atom is 0.118 e. The van der Waals surface area contributed by atoms with Crippen LogP contribution in [-0.4, -0.2) is 25.4 Å². The van der Waals surface area contributed by atoms with Crippen LogP contribution in [-0.2, 0) is 6.42 Å². The van der Waals surface area contributed by atoms with Gasteiger partial charge >= 0.3 is 0 Å². The van der Waals surface area contributed by atoms with Gasteiger partial charge in [-0.25, -0.2) is 0 Å². The van der Waals surface area contributed by atoms with Gasteiger partial charge in [-0.05, 0) is 47.7 Å². The highest BCUT2D eigenvalue weighted by atomic mass is 16.5. The lowest BCUT2D eigenvalue weighted by molar-refractivity contribution is 0.121. The summed E-state index contributed by atoms with van der Waals surface area (Å²) in [6.45, 7) is 2.06. The van der Waals surface area contributed by atoms with Gasteiger partial charge in [-0.1, -0.05) is 31.2 Å². The molecule has 0 spiro atoms. The van der Waals surface area contributed by atoms with E-state index in [1.807, 2.05) is 48.5 Å². The Morgan fingerprint density at radius 2 is 1.39 bits per heavy atom. The third-order valence-corrected chi connectivity index (χ3v) is 4.20. The molecule has 3 N–H and O–H groups in total. The van der Waals surface area contributed by atoms with Crippen LogP contribution in [0.5, 0.6) is 11.5 Å². The Kier molecular flexibility index (Phi) is 6.02. The molecule has 2 aromatic carbocycles. The van der Waals surface area contributed by atoms with Gasteiger partial charge in [0.05, 0.1) is 20.3 Å². The van der Waals surface area contributed by atoms with Crippen molar-refractivity contribution in [2.45, 2.75) is 25.5 Å². The second-order valence-electron chi connectivity index (χ2n) is 5.82. The summed E-state index contributed by atoms with van der Waals surface area (Å²) in [6.07, 6.45) is 0.104. The number of aliphatic hydroxyl groups excluding tert-OH is 1. The Balaban J connectivity index is 2.00. The normalized spacial score (nSPS) is 14.8. The minimum Gasteiger partial charge on any atom is -0.497 e. The monoisotopic (exact) mass is 315 g/mol. The predicted octanol–water partition coefficient (Wildman–Crippen LogP) is 2.94. The van der Waals surface area contributed by atoms with Crippen LogP contribution in [0, 0.1) is 5.92 Å². The first-order valence-corrected chi connectivity index (χ1v) is 7.75. The van der Waals surface area contributed by atoms with Gasteiger partial charge in [0.25, 0.3) is 0 Å². The van der Waals surface area contributed by atoms with Crippen molar-refractivity contribution in [2.24, 2.45) is 11.7 Å². The largest absolute Gasteiger partial charge is 0.497 e. The number of hydrogen-bond acceptors (Lipinski definition) is 4. The fraction of sp³-hybridized carbons (Fsp3) is 0.368. The number of benzene rings is 2. The van der Waals surface area contributed by atoms with Crippen LogP contribution in [0.3, 0.4) is 0 Å². The van der Waals surface area contributed by atoms with Crippen LogP contribution in [0.4, 0.5) is 0 Å². The maximum atomic E-state index is 10.5. The third kappa shape index (κ3) is 4.47. The van der Waals surface area contributed by atoms with Gasteiger partial charge < -0.3 is 20.3 Å². The molecular formula is C19H25NO3. The SMILES string of the molecule is COc1ccc(CC(C)[C@@H](N)[C@H](O)c2ccc(OC)cc2)cc1. The zero-order valence-corrected chi connectivity index (χ0v) is 13.9. The molecule has 0 radical (unpaired) electrons. The Bertz CT molecular complexity index is 595. The molecule has 4 heteroatoms. The van der Waals surface area contributed by atoms with Crippen molar-refractivity contribution in [3.8, 4) is 11.5 Å². The van der Waals surface area contributed by atoms with Gasteiger partial charge in [0.1, 0.15) is 11.5 Å². The van der Waals surface area contributed by atoms with Crippen LogP contribution in [0.2, 0.25) is 0 Å². The average Bonchev–Trinajstić information content (AvgIpc) is 2.61. The molecule has 0 saturated heterocycles. The first-order valence-electron chi connectivity index (χ1n) is 7.75. The van der Waals surface area contributed by atoms with Crippen LogP contribution in [0.1, 0.15) is 24.2 Å². The Morgan fingerprint density at radius 3 is 1.87 bits per heavy atom. The Hall–Kier alpha value is -2.04. The first-order chi connectivity index (χ1) is 11.0. The summed E-state index contributed by atoms with van der Waals surface area (Å²) in [5.74, 6) is 1.74. The fourth-order valence-corrected chi connectivity index (χ4v) is 2.60. The number of hydrogen-bond donors (Lipinski definition) is 2. The first kappa shape index (κ1) is 17.3. The van der Waals surface area contributed by atoms with Crippen molar-refractivity contribution in [1.82, 2.24) is 0 Å². The molecule has 0 aliphatic carbocycles. The Labute approximate surface area is 137 Å². The maximum absolute atomic E-state index is 10.5. The van der Waals surface area contributed by atoms with Crippen molar-refractivity contribution in [3.05, 3.63) is 59.7 Å². The molecule has 0 saturated carbocycles. The predicted molar refractivity (Wildman–Crippen MR) is 91.8 cm³/mol. The number of rotatable bonds is 7. The van der Waals surface area contributed by atoms with Gasteiger partial charge in [0, 0.05) is 6.04 Å². The summed E-state index contributed by atoms with van der Waals surface area (Å²) in [6, 6.07) is 15.0. The highest BCUT2D eigenvalue weighted by molar-refractivity contribution is 5.30. The van der Waals surface area contributed by atoms with E-state index >= 15 is 0 Å². The molecule has 1 unspecified atom stereocenters. The lowest BCUT2D eigenvalue weighted by Crippen LogP contribution is -2.36. The summed E-state index contributed by atoms with van der Waals surface area (Å²) in [4.78, 5) is 0. The van der Waals surface area contributed by atoms with Crippen molar-refractivity contribution in [2.75, 3.05) is 14.2 Å². The summed E-state index contributed by atoms with van der Waals surface area (Å²) in [5.41, 5.74) is 8.24. The summed E-state index contributed by atoms with van der Waals surface area (Å²) in [5, 5.41) is 10.5. The topological polar surface area (TPSA) is 64.7 Å². The third-order valence-electron chi connectivity index (χ3n) is 4.20. The number of methoxy groups -OCH3 is 2. The molecule has 0 aliphatic heterocycles. The van der Waals surface area contributed by atoms with Crippen molar-refractivity contribution < 1.29 is 14.6 Å². The van der Waals surface area contributed by atoms with Gasteiger partial charge in [0.15, 0.2) is 0 Å². The minimum absolute atomic E-state index is 0.139.